The minimum Gasteiger partial charge on any atom is -0.391 e. The number of azo groups is 1. The molecule has 0 bridgehead atoms. The minimum absolute atomic E-state index is 0.312. The average molecular weight is 146 g/mol. The van der Waals surface area contributed by atoms with E-state index in [1.54, 1.807) is 13.8 Å². The third kappa shape index (κ3) is 7.52. The molecule has 2 unspecified atom stereocenters. The minimum atomic E-state index is -0.447. The standard InChI is InChI=1S/C6H14N2O2/c1-5(9)3-7-8-4-6(2)10/h5-6,9-10H,3-4H2,1-2H3. The Morgan fingerprint density at radius 1 is 1.00 bits per heavy atom. The Labute approximate surface area is 60.6 Å². The van der Waals surface area contributed by atoms with Gasteiger partial charge in [-0.05, 0) is 13.8 Å². The summed E-state index contributed by atoms with van der Waals surface area (Å²) in [4.78, 5) is 0. The highest BCUT2D eigenvalue weighted by Crippen LogP contribution is 1.85. The first kappa shape index (κ1) is 9.52. The molecule has 0 radical (unpaired) electrons. The van der Waals surface area contributed by atoms with Crippen molar-refractivity contribution in [3.05, 3.63) is 0 Å². The summed E-state index contributed by atoms with van der Waals surface area (Å²) in [5.41, 5.74) is 0. The Morgan fingerprint density at radius 2 is 1.30 bits per heavy atom. The van der Waals surface area contributed by atoms with Gasteiger partial charge in [-0.2, -0.15) is 10.2 Å². The number of aliphatic hydroxyl groups is 2. The molecule has 0 spiro atoms. The van der Waals surface area contributed by atoms with Gasteiger partial charge in [0.05, 0.1) is 25.3 Å². The lowest BCUT2D eigenvalue weighted by atomic mass is 10.4. The van der Waals surface area contributed by atoms with Gasteiger partial charge in [-0.15, -0.1) is 0 Å². The lowest BCUT2D eigenvalue weighted by Gasteiger charge is -1.97. The summed E-state index contributed by atoms with van der Waals surface area (Å²) in [6, 6.07) is 0. The van der Waals surface area contributed by atoms with Gasteiger partial charge in [0.15, 0.2) is 0 Å². The summed E-state index contributed by atoms with van der Waals surface area (Å²) < 4.78 is 0. The highest BCUT2D eigenvalue weighted by Gasteiger charge is 1.92. The van der Waals surface area contributed by atoms with Gasteiger partial charge in [0.25, 0.3) is 0 Å². The van der Waals surface area contributed by atoms with Crippen LogP contribution in [-0.4, -0.2) is 35.5 Å². The van der Waals surface area contributed by atoms with E-state index >= 15 is 0 Å². The van der Waals surface area contributed by atoms with Crippen LogP contribution in [-0.2, 0) is 0 Å². The molecule has 0 aromatic heterocycles. The van der Waals surface area contributed by atoms with Gasteiger partial charge in [0.1, 0.15) is 0 Å². The van der Waals surface area contributed by atoms with E-state index in [2.05, 4.69) is 10.2 Å². The van der Waals surface area contributed by atoms with E-state index < -0.39 is 12.2 Å². The van der Waals surface area contributed by atoms with Crippen LogP contribution >= 0.6 is 0 Å². The largest absolute Gasteiger partial charge is 0.391 e. The smallest absolute Gasteiger partial charge is 0.0855 e. The van der Waals surface area contributed by atoms with Crippen LogP contribution < -0.4 is 0 Å². The number of rotatable bonds is 4. The SMILES string of the molecule is CC(O)CN=NCC(C)O. The van der Waals surface area contributed by atoms with Crippen molar-refractivity contribution in [3.63, 3.8) is 0 Å². The van der Waals surface area contributed by atoms with Crippen molar-refractivity contribution in [3.8, 4) is 0 Å². The fraction of sp³-hybridized carbons (Fsp3) is 1.00. The van der Waals surface area contributed by atoms with Crippen molar-refractivity contribution < 1.29 is 10.2 Å². The van der Waals surface area contributed by atoms with Crippen molar-refractivity contribution in [1.82, 2.24) is 0 Å². The molecule has 0 saturated carbocycles. The van der Waals surface area contributed by atoms with Crippen molar-refractivity contribution in [2.24, 2.45) is 10.2 Å². The fourth-order valence-electron chi connectivity index (χ4n) is 0.352. The highest BCUT2D eigenvalue weighted by atomic mass is 16.3. The molecule has 0 aliphatic carbocycles. The van der Waals surface area contributed by atoms with Crippen LogP contribution in [0.25, 0.3) is 0 Å². The second-order valence-electron chi connectivity index (χ2n) is 2.35. The summed E-state index contributed by atoms with van der Waals surface area (Å²) >= 11 is 0. The molecular weight excluding hydrogens is 132 g/mol. The van der Waals surface area contributed by atoms with E-state index in [0.29, 0.717) is 13.1 Å². The van der Waals surface area contributed by atoms with E-state index in [4.69, 9.17) is 10.2 Å². The van der Waals surface area contributed by atoms with Crippen molar-refractivity contribution in [2.45, 2.75) is 26.1 Å². The molecule has 60 valence electrons. The average Bonchev–Trinajstić information content (AvgIpc) is 1.79. The van der Waals surface area contributed by atoms with Crippen LogP contribution in [0.1, 0.15) is 13.8 Å². The molecule has 0 aromatic carbocycles. The van der Waals surface area contributed by atoms with Gasteiger partial charge in [0.2, 0.25) is 0 Å². The van der Waals surface area contributed by atoms with Crippen LogP contribution in [0.5, 0.6) is 0 Å². The van der Waals surface area contributed by atoms with E-state index in [0.717, 1.165) is 0 Å². The van der Waals surface area contributed by atoms with Gasteiger partial charge in [-0.3, -0.25) is 0 Å². The Kier molecular flexibility index (Phi) is 5.06. The lowest BCUT2D eigenvalue weighted by molar-refractivity contribution is 0.192. The molecule has 0 saturated heterocycles. The lowest BCUT2D eigenvalue weighted by Crippen LogP contribution is -2.06. The zero-order valence-corrected chi connectivity index (χ0v) is 6.36. The first-order chi connectivity index (χ1) is 4.63. The maximum Gasteiger partial charge on any atom is 0.0855 e. The zero-order valence-electron chi connectivity index (χ0n) is 6.36. The molecular formula is C6H14N2O2. The topological polar surface area (TPSA) is 65.2 Å². The van der Waals surface area contributed by atoms with E-state index in [-0.39, 0.29) is 0 Å². The molecule has 0 aliphatic rings. The number of hydrogen-bond donors (Lipinski definition) is 2. The number of nitrogens with zero attached hydrogens (tertiary/aromatic N) is 2. The van der Waals surface area contributed by atoms with Gasteiger partial charge >= 0.3 is 0 Å². The molecule has 10 heavy (non-hydrogen) atoms. The maximum absolute atomic E-state index is 8.70. The quantitative estimate of drug-likeness (QED) is 0.556. The van der Waals surface area contributed by atoms with E-state index in [1.807, 2.05) is 0 Å². The van der Waals surface area contributed by atoms with Gasteiger partial charge in [-0.1, -0.05) is 0 Å². The van der Waals surface area contributed by atoms with E-state index in [9.17, 15) is 0 Å². The van der Waals surface area contributed by atoms with Gasteiger partial charge in [0, 0.05) is 0 Å². The monoisotopic (exact) mass is 146 g/mol. The summed E-state index contributed by atoms with van der Waals surface area (Å²) in [6.07, 6.45) is -0.893. The highest BCUT2D eigenvalue weighted by molar-refractivity contribution is 4.50. The van der Waals surface area contributed by atoms with Crippen LogP contribution in [0.15, 0.2) is 10.2 Å². The summed E-state index contributed by atoms with van der Waals surface area (Å²) in [5, 5.41) is 24.7. The molecule has 0 amide bonds. The Balaban J connectivity index is 3.20. The van der Waals surface area contributed by atoms with Crippen molar-refractivity contribution in [1.29, 1.82) is 0 Å². The van der Waals surface area contributed by atoms with Crippen molar-refractivity contribution in [2.75, 3.05) is 13.1 Å². The van der Waals surface area contributed by atoms with E-state index in [1.165, 1.54) is 0 Å². The normalized spacial score (nSPS) is 17.6. The van der Waals surface area contributed by atoms with Crippen molar-refractivity contribution >= 4 is 0 Å². The first-order valence-electron chi connectivity index (χ1n) is 3.32. The van der Waals surface area contributed by atoms with Crippen LogP contribution in [0, 0.1) is 0 Å². The van der Waals surface area contributed by atoms with Crippen LogP contribution in [0.2, 0.25) is 0 Å². The number of aliphatic hydroxyl groups excluding tert-OH is 2. The molecule has 4 heteroatoms. The Bertz CT molecular complexity index is 89.9. The summed E-state index contributed by atoms with van der Waals surface area (Å²) in [5.74, 6) is 0. The fourth-order valence-corrected chi connectivity index (χ4v) is 0.352. The predicted molar refractivity (Wildman–Crippen MR) is 38.0 cm³/mol. The second kappa shape index (κ2) is 5.32. The molecule has 0 rings (SSSR count). The Morgan fingerprint density at radius 3 is 1.50 bits per heavy atom. The van der Waals surface area contributed by atoms with Gasteiger partial charge in [-0.25, -0.2) is 0 Å². The molecule has 0 heterocycles. The molecule has 2 N–H and O–H groups in total. The molecule has 0 aliphatic heterocycles. The maximum atomic E-state index is 8.70. The summed E-state index contributed by atoms with van der Waals surface area (Å²) in [7, 11) is 0. The third-order valence-electron chi connectivity index (χ3n) is 0.792. The summed E-state index contributed by atoms with van der Waals surface area (Å²) in [6.45, 7) is 3.90. The van der Waals surface area contributed by atoms with Crippen LogP contribution in [0.3, 0.4) is 0 Å². The predicted octanol–water partition coefficient (Wildman–Crippen LogP) is 0.200. The molecule has 0 fully saturated rings. The van der Waals surface area contributed by atoms with Crippen LogP contribution in [0.4, 0.5) is 0 Å². The molecule has 0 aromatic rings. The number of hydrogen-bond acceptors (Lipinski definition) is 4. The Hall–Kier alpha value is -0.480. The molecule has 2 atom stereocenters. The van der Waals surface area contributed by atoms with Gasteiger partial charge < -0.3 is 10.2 Å². The molecule has 4 nitrogen and oxygen atoms in total. The zero-order chi connectivity index (χ0) is 7.98. The third-order valence-corrected chi connectivity index (χ3v) is 0.792. The first-order valence-corrected chi connectivity index (χ1v) is 3.32. The second-order valence-corrected chi connectivity index (χ2v) is 2.35.